The van der Waals surface area contributed by atoms with E-state index in [9.17, 15) is 18.0 Å². The summed E-state index contributed by atoms with van der Waals surface area (Å²) < 4.78 is 45.1. The van der Waals surface area contributed by atoms with Crippen LogP contribution in [0.4, 0.5) is 13.2 Å². The minimum atomic E-state index is -4.34. The van der Waals surface area contributed by atoms with Crippen LogP contribution in [0.1, 0.15) is 32.1 Å². The van der Waals surface area contributed by atoms with Gasteiger partial charge in [0.05, 0.1) is 6.10 Å². The summed E-state index contributed by atoms with van der Waals surface area (Å²) >= 11 is 0. The molecule has 0 aromatic heterocycles. The average molecular weight is 337 g/mol. The summed E-state index contributed by atoms with van der Waals surface area (Å²) in [6.07, 6.45) is -0.406. The van der Waals surface area contributed by atoms with Crippen LogP contribution in [0.2, 0.25) is 0 Å². The SMILES string of the molecule is O=C(CCC1CCCCO1)NCC(N1CCNCC1)C(F)(F)F. The van der Waals surface area contributed by atoms with Crippen molar-refractivity contribution in [2.24, 2.45) is 0 Å². The summed E-state index contributed by atoms with van der Waals surface area (Å²) in [7, 11) is 0. The molecule has 1 amide bonds. The van der Waals surface area contributed by atoms with Crippen LogP contribution in [-0.4, -0.2) is 68.5 Å². The van der Waals surface area contributed by atoms with E-state index in [-0.39, 0.29) is 25.0 Å². The fourth-order valence-corrected chi connectivity index (χ4v) is 3.07. The molecule has 2 saturated heterocycles. The summed E-state index contributed by atoms with van der Waals surface area (Å²) in [4.78, 5) is 13.2. The van der Waals surface area contributed by atoms with Crippen molar-refractivity contribution in [3.05, 3.63) is 0 Å². The van der Waals surface area contributed by atoms with Crippen LogP contribution >= 0.6 is 0 Å². The zero-order valence-electron chi connectivity index (χ0n) is 13.3. The Morgan fingerprint density at radius 3 is 2.65 bits per heavy atom. The molecule has 2 aliphatic rings. The van der Waals surface area contributed by atoms with Crippen LogP contribution in [0.3, 0.4) is 0 Å². The van der Waals surface area contributed by atoms with Gasteiger partial charge in [0.25, 0.3) is 0 Å². The van der Waals surface area contributed by atoms with Crippen molar-refractivity contribution < 1.29 is 22.7 Å². The minimum absolute atomic E-state index is 0.0704. The van der Waals surface area contributed by atoms with Gasteiger partial charge in [0.2, 0.25) is 5.91 Å². The predicted molar refractivity (Wildman–Crippen MR) is 80.1 cm³/mol. The van der Waals surface area contributed by atoms with Crippen LogP contribution in [0.25, 0.3) is 0 Å². The molecule has 0 aromatic carbocycles. The van der Waals surface area contributed by atoms with Crippen LogP contribution in [0.5, 0.6) is 0 Å². The molecule has 5 nitrogen and oxygen atoms in total. The molecule has 0 spiro atoms. The maximum atomic E-state index is 13.2. The van der Waals surface area contributed by atoms with E-state index in [1.165, 1.54) is 4.90 Å². The third kappa shape index (κ3) is 6.27. The van der Waals surface area contributed by atoms with Gasteiger partial charge in [-0.1, -0.05) is 0 Å². The van der Waals surface area contributed by atoms with Crippen molar-refractivity contribution in [1.82, 2.24) is 15.5 Å². The van der Waals surface area contributed by atoms with Crippen molar-refractivity contribution >= 4 is 5.91 Å². The number of alkyl halides is 3. The summed E-state index contributed by atoms with van der Waals surface area (Å²) in [5.74, 6) is -0.330. The molecule has 2 N–H and O–H groups in total. The first kappa shape index (κ1) is 18.5. The van der Waals surface area contributed by atoms with E-state index in [1.807, 2.05) is 0 Å². The van der Waals surface area contributed by atoms with E-state index in [1.54, 1.807) is 0 Å². The van der Waals surface area contributed by atoms with Gasteiger partial charge in [0, 0.05) is 45.8 Å². The predicted octanol–water partition coefficient (Wildman–Crippen LogP) is 1.29. The van der Waals surface area contributed by atoms with Gasteiger partial charge in [0.15, 0.2) is 0 Å². The second-order valence-corrected chi connectivity index (χ2v) is 6.17. The van der Waals surface area contributed by atoms with Crippen molar-refractivity contribution in [2.75, 3.05) is 39.3 Å². The highest BCUT2D eigenvalue weighted by Gasteiger charge is 2.43. The first-order valence-corrected chi connectivity index (χ1v) is 8.36. The number of nitrogens with zero attached hydrogens (tertiary/aromatic N) is 1. The zero-order chi connectivity index (χ0) is 16.7. The Morgan fingerprint density at radius 1 is 1.30 bits per heavy atom. The lowest BCUT2D eigenvalue weighted by Crippen LogP contribution is -2.57. The van der Waals surface area contributed by atoms with Gasteiger partial charge in [-0.3, -0.25) is 9.69 Å². The standard InChI is InChI=1S/C15H26F3N3O2/c16-15(17,18)13(21-8-6-19-7-9-21)11-20-14(22)5-4-12-3-1-2-10-23-12/h12-13,19H,1-11H2,(H,20,22). The number of halogens is 3. The molecule has 2 aliphatic heterocycles. The lowest BCUT2D eigenvalue weighted by atomic mass is 10.0. The number of carbonyl (C=O) groups is 1. The molecular formula is C15H26F3N3O2. The fraction of sp³-hybridized carbons (Fsp3) is 0.933. The number of hydrogen-bond acceptors (Lipinski definition) is 4. The Balaban J connectivity index is 1.74. The minimum Gasteiger partial charge on any atom is -0.378 e. The molecule has 2 fully saturated rings. The van der Waals surface area contributed by atoms with Crippen LogP contribution < -0.4 is 10.6 Å². The molecule has 23 heavy (non-hydrogen) atoms. The summed E-state index contributed by atoms with van der Waals surface area (Å²) in [6, 6.07) is -1.61. The Bertz CT molecular complexity index is 367. The Hall–Kier alpha value is -0.860. The van der Waals surface area contributed by atoms with Gasteiger partial charge in [-0.25, -0.2) is 0 Å². The smallest absolute Gasteiger partial charge is 0.378 e. The molecule has 0 aromatic rings. The number of hydrogen-bond donors (Lipinski definition) is 2. The number of amides is 1. The van der Waals surface area contributed by atoms with Gasteiger partial charge in [0.1, 0.15) is 6.04 Å². The second-order valence-electron chi connectivity index (χ2n) is 6.17. The Morgan fingerprint density at radius 2 is 2.04 bits per heavy atom. The summed E-state index contributed by atoms with van der Waals surface area (Å²) in [5.41, 5.74) is 0. The van der Waals surface area contributed by atoms with Crippen molar-refractivity contribution in [3.63, 3.8) is 0 Å². The van der Waals surface area contributed by atoms with Gasteiger partial charge in [-0.2, -0.15) is 13.2 Å². The van der Waals surface area contributed by atoms with E-state index in [0.717, 1.165) is 19.3 Å². The third-order valence-electron chi connectivity index (χ3n) is 4.43. The third-order valence-corrected chi connectivity index (χ3v) is 4.43. The lowest BCUT2D eigenvalue weighted by molar-refractivity contribution is -0.184. The summed E-state index contributed by atoms with van der Waals surface area (Å²) in [5, 5.41) is 5.48. The number of piperazine rings is 1. The van der Waals surface area contributed by atoms with E-state index in [0.29, 0.717) is 39.2 Å². The first-order valence-electron chi connectivity index (χ1n) is 8.36. The van der Waals surface area contributed by atoms with Crippen molar-refractivity contribution in [1.29, 1.82) is 0 Å². The van der Waals surface area contributed by atoms with E-state index in [2.05, 4.69) is 10.6 Å². The molecule has 0 saturated carbocycles. The molecule has 2 unspecified atom stereocenters. The van der Waals surface area contributed by atoms with Crippen molar-refractivity contribution in [2.45, 2.75) is 50.4 Å². The van der Waals surface area contributed by atoms with Gasteiger partial charge in [-0.05, 0) is 25.7 Å². The molecule has 2 rings (SSSR count). The molecular weight excluding hydrogens is 311 g/mol. The molecule has 0 bridgehead atoms. The van der Waals surface area contributed by atoms with E-state index >= 15 is 0 Å². The second kappa shape index (κ2) is 8.84. The largest absolute Gasteiger partial charge is 0.405 e. The molecule has 2 heterocycles. The molecule has 2 atom stereocenters. The first-order chi connectivity index (χ1) is 11.0. The van der Waals surface area contributed by atoms with Crippen LogP contribution in [0.15, 0.2) is 0 Å². The van der Waals surface area contributed by atoms with Crippen molar-refractivity contribution in [3.8, 4) is 0 Å². The number of ether oxygens (including phenoxy) is 1. The van der Waals surface area contributed by atoms with E-state index < -0.39 is 12.2 Å². The highest BCUT2D eigenvalue weighted by molar-refractivity contribution is 5.75. The molecule has 134 valence electrons. The number of nitrogens with one attached hydrogen (secondary N) is 2. The fourth-order valence-electron chi connectivity index (χ4n) is 3.07. The normalized spacial score (nSPS) is 25.1. The quantitative estimate of drug-likeness (QED) is 0.767. The molecule has 8 heteroatoms. The highest BCUT2D eigenvalue weighted by Crippen LogP contribution is 2.25. The number of carbonyl (C=O) groups excluding carboxylic acids is 1. The highest BCUT2D eigenvalue weighted by atomic mass is 19.4. The van der Waals surface area contributed by atoms with E-state index in [4.69, 9.17) is 4.74 Å². The maximum Gasteiger partial charge on any atom is 0.405 e. The van der Waals surface area contributed by atoms with Gasteiger partial charge in [-0.15, -0.1) is 0 Å². The Labute approximate surface area is 134 Å². The topological polar surface area (TPSA) is 53.6 Å². The van der Waals surface area contributed by atoms with Crippen LogP contribution in [0, 0.1) is 0 Å². The maximum absolute atomic E-state index is 13.2. The molecule has 0 radical (unpaired) electrons. The van der Waals surface area contributed by atoms with Gasteiger partial charge < -0.3 is 15.4 Å². The zero-order valence-corrected chi connectivity index (χ0v) is 13.3. The average Bonchev–Trinajstić information content (AvgIpc) is 2.54. The molecule has 0 aliphatic carbocycles. The monoisotopic (exact) mass is 337 g/mol. The van der Waals surface area contributed by atoms with Crippen LogP contribution in [-0.2, 0) is 9.53 Å². The number of rotatable bonds is 6. The Kier molecular flexibility index (Phi) is 7.10. The lowest BCUT2D eigenvalue weighted by Gasteiger charge is -2.36. The summed E-state index contributed by atoms with van der Waals surface area (Å²) in [6.45, 7) is 2.10. The van der Waals surface area contributed by atoms with Gasteiger partial charge >= 0.3 is 6.18 Å².